The summed E-state index contributed by atoms with van der Waals surface area (Å²) in [6, 6.07) is 4.87. The van der Waals surface area contributed by atoms with Crippen LogP contribution in [-0.4, -0.2) is 62.3 Å². The first-order valence-corrected chi connectivity index (χ1v) is 11.7. The number of methoxy groups -OCH3 is 1. The van der Waals surface area contributed by atoms with Crippen molar-refractivity contribution in [1.82, 2.24) is 10.2 Å². The number of urea groups is 1. The summed E-state index contributed by atoms with van der Waals surface area (Å²) in [6.45, 7) is 0.227. The second-order valence-electron chi connectivity index (χ2n) is 9.64. The molecule has 1 aromatic rings. The van der Waals surface area contributed by atoms with E-state index < -0.39 is 35.9 Å². The van der Waals surface area contributed by atoms with Crippen LogP contribution in [0.5, 0.6) is 5.75 Å². The third-order valence-corrected chi connectivity index (χ3v) is 7.92. The molecule has 5 rings (SSSR count). The van der Waals surface area contributed by atoms with Crippen LogP contribution in [0.3, 0.4) is 0 Å². The lowest BCUT2D eigenvalue weighted by molar-refractivity contribution is -0.139. The minimum atomic E-state index is -2.79. The molecule has 1 aromatic carbocycles. The lowest BCUT2D eigenvalue weighted by atomic mass is 9.61. The fourth-order valence-corrected chi connectivity index (χ4v) is 6.25. The molecule has 0 bridgehead atoms. The maximum Gasteiger partial charge on any atom is 0.325 e. The molecular weight excluding hydrogens is 434 g/mol. The largest absolute Gasteiger partial charge is 0.491 e. The fourth-order valence-electron chi connectivity index (χ4n) is 6.25. The molecule has 2 heterocycles. The minimum Gasteiger partial charge on any atom is -0.491 e. The maximum atomic E-state index is 13.8. The molecule has 3 fully saturated rings. The van der Waals surface area contributed by atoms with Gasteiger partial charge in [0.2, 0.25) is 0 Å². The van der Waals surface area contributed by atoms with Crippen molar-refractivity contribution in [3.63, 3.8) is 0 Å². The van der Waals surface area contributed by atoms with Crippen LogP contribution in [0.1, 0.15) is 49.7 Å². The van der Waals surface area contributed by atoms with Crippen molar-refractivity contribution in [2.45, 2.75) is 69.1 Å². The molecule has 2 unspecified atom stereocenters. The van der Waals surface area contributed by atoms with Crippen LogP contribution in [-0.2, 0) is 26.2 Å². The number of nitrogens with zero attached hydrogens (tertiary/aromatic N) is 1. The van der Waals surface area contributed by atoms with Crippen molar-refractivity contribution < 1.29 is 32.6 Å². The lowest BCUT2D eigenvalue weighted by Gasteiger charge is -2.46. The Morgan fingerprint density at radius 3 is 2.70 bits per heavy atom. The predicted molar refractivity (Wildman–Crippen MR) is 114 cm³/mol. The van der Waals surface area contributed by atoms with Gasteiger partial charge in [-0.1, -0.05) is 6.07 Å². The first-order valence-electron chi connectivity index (χ1n) is 11.7. The average Bonchev–Trinajstić information content (AvgIpc) is 3.47. The molecule has 2 spiro atoms. The zero-order valence-corrected chi connectivity index (χ0v) is 18.8. The standard InChI is InChI=1S/C24H30F2N2O5/c1-31-16-6-8-23(9-7-16)12-15-4-5-17(33-14-18-3-2-10-32-18)11-19(15)24(23)21(29)28(13-20(25)26)22(30)27-24/h4-5,11,16,18,20H,2-3,6-10,12-14H2,1H3,(H,27,30)/t16-,18?,23-,24?. The van der Waals surface area contributed by atoms with Gasteiger partial charge in [0.1, 0.15) is 12.4 Å². The summed E-state index contributed by atoms with van der Waals surface area (Å²) < 4.78 is 43.6. The van der Waals surface area contributed by atoms with Crippen LogP contribution in [0.15, 0.2) is 18.2 Å². The number of nitrogens with one attached hydrogen (secondary N) is 1. The topological polar surface area (TPSA) is 77.1 Å². The highest BCUT2D eigenvalue weighted by Crippen LogP contribution is 2.60. The van der Waals surface area contributed by atoms with Crippen molar-refractivity contribution in [3.05, 3.63) is 29.3 Å². The summed E-state index contributed by atoms with van der Waals surface area (Å²) in [6.07, 6.45) is 2.67. The van der Waals surface area contributed by atoms with Gasteiger partial charge < -0.3 is 19.5 Å². The van der Waals surface area contributed by atoms with Gasteiger partial charge >= 0.3 is 6.03 Å². The van der Waals surface area contributed by atoms with Gasteiger partial charge in [0.25, 0.3) is 12.3 Å². The molecule has 4 aliphatic rings. The second-order valence-corrected chi connectivity index (χ2v) is 9.64. The Kier molecular flexibility index (Phi) is 5.81. The summed E-state index contributed by atoms with van der Waals surface area (Å²) in [4.78, 5) is 27.3. The van der Waals surface area contributed by atoms with Gasteiger partial charge in [-0.25, -0.2) is 13.6 Å². The highest BCUT2D eigenvalue weighted by Gasteiger charge is 2.68. The number of carbonyl (C=O) groups excluding carboxylic acids is 2. The van der Waals surface area contributed by atoms with E-state index in [2.05, 4.69) is 5.32 Å². The monoisotopic (exact) mass is 464 g/mol. The molecule has 7 nitrogen and oxygen atoms in total. The summed E-state index contributed by atoms with van der Waals surface area (Å²) in [5.41, 5.74) is -0.335. The molecule has 3 amide bonds. The Hall–Kier alpha value is -2.26. The first kappa shape index (κ1) is 22.5. The fraction of sp³-hybridized carbons (Fsp3) is 0.667. The van der Waals surface area contributed by atoms with E-state index in [1.807, 2.05) is 18.2 Å². The third kappa shape index (κ3) is 3.60. The van der Waals surface area contributed by atoms with Gasteiger partial charge in [0.05, 0.1) is 18.8 Å². The van der Waals surface area contributed by atoms with E-state index in [-0.39, 0.29) is 12.2 Å². The predicted octanol–water partition coefficient (Wildman–Crippen LogP) is 3.39. The molecule has 1 saturated carbocycles. The number of amides is 3. The van der Waals surface area contributed by atoms with Crippen LogP contribution in [0, 0.1) is 5.41 Å². The van der Waals surface area contributed by atoms with Crippen molar-refractivity contribution in [3.8, 4) is 5.75 Å². The summed E-state index contributed by atoms with van der Waals surface area (Å²) in [5.74, 6) is -0.000644. The molecular formula is C24H30F2N2O5. The first-order chi connectivity index (χ1) is 15.9. The van der Waals surface area contributed by atoms with Gasteiger partial charge in [-0.15, -0.1) is 0 Å². The molecule has 2 aliphatic carbocycles. The highest BCUT2D eigenvalue weighted by atomic mass is 19.3. The van der Waals surface area contributed by atoms with Crippen LogP contribution in [0.4, 0.5) is 13.6 Å². The molecule has 9 heteroatoms. The van der Waals surface area contributed by atoms with E-state index in [4.69, 9.17) is 14.2 Å². The normalized spacial score (nSPS) is 33.4. The van der Waals surface area contributed by atoms with Crippen LogP contribution < -0.4 is 10.1 Å². The maximum absolute atomic E-state index is 13.8. The molecule has 33 heavy (non-hydrogen) atoms. The number of halogens is 2. The Labute approximate surface area is 191 Å². The average molecular weight is 465 g/mol. The Bertz CT molecular complexity index is 927. The molecule has 2 atom stereocenters. The number of benzene rings is 1. The van der Waals surface area contributed by atoms with Crippen molar-refractivity contribution in [2.75, 3.05) is 26.9 Å². The smallest absolute Gasteiger partial charge is 0.325 e. The lowest BCUT2D eigenvalue weighted by Crippen LogP contribution is -2.57. The number of imide groups is 1. The highest BCUT2D eigenvalue weighted by molar-refractivity contribution is 6.09. The Morgan fingerprint density at radius 2 is 2.03 bits per heavy atom. The molecule has 2 saturated heterocycles. The quantitative estimate of drug-likeness (QED) is 0.653. The van der Waals surface area contributed by atoms with Crippen LogP contribution in [0.2, 0.25) is 0 Å². The van der Waals surface area contributed by atoms with Gasteiger partial charge in [0.15, 0.2) is 5.54 Å². The zero-order valence-electron chi connectivity index (χ0n) is 18.8. The van der Waals surface area contributed by atoms with Crippen molar-refractivity contribution >= 4 is 11.9 Å². The van der Waals surface area contributed by atoms with Crippen LogP contribution >= 0.6 is 0 Å². The molecule has 180 valence electrons. The van der Waals surface area contributed by atoms with Gasteiger partial charge in [-0.2, -0.15) is 0 Å². The number of carbonyl (C=O) groups is 2. The number of rotatable bonds is 6. The van der Waals surface area contributed by atoms with Gasteiger partial charge in [-0.05, 0) is 68.2 Å². The van der Waals surface area contributed by atoms with Crippen molar-refractivity contribution in [2.24, 2.45) is 5.41 Å². The van der Waals surface area contributed by atoms with Gasteiger partial charge in [0, 0.05) is 19.1 Å². The molecule has 0 aromatic heterocycles. The van der Waals surface area contributed by atoms with Crippen LogP contribution in [0.25, 0.3) is 0 Å². The Balaban J connectivity index is 1.51. The number of alkyl halides is 2. The molecule has 1 N–H and O–H groups in total. The summed E-state index contributed by atoms with van der Waals surface area (Å²) >= 11 is 0. The van der Waals surface area contributed by atoms with Gasteiger partial charge in [-0.3, -0.25) is 9.69 Å². The molecule has 2 aliphatic heterocycles. The van der Waals surface area contributed by atoms with E-state index in [0.717, 1.165) is 37.9 Å². The number of hydrogen-bond donors (Lipinski definition) is 1. The zero-order chi connectivity index (χ0) is 23.2. The third-order valence-electron chi connectivity index (χ3n) is 7.92. The SMILES string of the molecule is CO[C@H]1CC[C@]2(CC1)Cc1ccc(OCC3CCCO3)cc1C21NC(=O)N(CC(F)F)C1=O. The number of fused-ring (bicyclic) bond motifs is 3. The second kappa shape index (κ2) is 8.51. The van der Waals surface area contributed by atoms with Crippen molar-refractivity contribution in [1.29, 1.82) is 0 Å². The minimum absolute atomic E-state index is 0.0391. The number of ether oxygens (including phenoxy) is 3. The van der Waals surface area contributed by atoms with E-state index in [0.29, 0.717) is 42.1 Å². The van der Waals surface area contributed by atoms with E-state index in [1.165, 1.54) is 0 Å². The van der Waals surface area contributed by atoms with E-state index in [1.54, 1.807) is 7.11 Å². The van der Waals surface area contributed by atoms with E-state index >= 15 is 0 Å². The Morgan fingerprint density at radius 1 is 1.24 bits per heavy atom. The van der Waals surface area contributed by atoms with E-state index in [9.17, 15) is 18.4 Å². The summed E-state index contributed by atoms with van der Waals surface area (Å²) in [5, 5.41) is 2.89. The number of hydrogen-bond acceptors (Lipinski definition) is 5. The summed E-state index contributed by atoms with van der Waals surface area (Å²) in [7, 11) is 1.67. The molecule has 0 radical (unpaired) electrons.